The maximum Gasteiger partial charge on any atom is 0.422 e. The first-order valence-corrected chi connectivity index (χ1v) is 3.70. The average Bonchev–Trinajstić information content (AvgIpc) is 1.95. The van der Waals surface area contributed by atoms with Crippen molar-refractivity contribution in [2.75, 3.05) is 0 Å². The van der Waals surface area contributed by atoms with E-state index in [4.69, 9.17) is 0 Å². The second-order valence-electron chi connectivity index (χ2n) is 3.54. The van der Waals surface area contributed by atoms with Crippen molar-refractivity contribution >= 4 is 5.97 Å². The third kappa shape index (κ3) is 4.86. The van der Waals surface area contributed by atoms with Crippen LogP contribution in [0.25, 0.3) is 0 Å². The van der Waals surface area contributed by atoms with Crippen LogP contribution in [0.15, 0.2) is 12.2 Å². The van der Waals surface area contributed by atoms with Gasteiger partial charge in [-0.25, -0.2) is 4.79 Å². The third-order valence-corrected chi connectivity index (χ3v) is 0.956. The summed E-state index contributed by atoms with van der Waals surface area (Å²) in [5.74, 6) is -1.63. The molecule has 0 spiro atoms. The number of carbonyl (C=O) groups is 1. The lowest BCUT2D eigenvalue weighted by molar-refractivity contribution is -0.319. The molecule has 0 aromatic rings. The lowest BCUT2D eigenvalue weighted by Gasteiger charge is -2.17. The molecular formula is C8H11F3O3. The zero-order valence-electron chi connectivity index (χ0n) is 8.07. The van der Waals surface area contributed by atoms with E-state index >= 15 is 0 Å². The molecular weight excluding hydrogens is 201 g/mol. The summed E-state index contributed by atoms with van der Waals surface area (Å²) in [5, 5.41) is 0. The van der Waals surface area contributed by atoms with Gasteiger partial charge in [-0.2, -0.15) is 18.1 Å². The van der Waals surface area contributed by atoms with Crippen molar-refractivity contribution < 1.29 is 27.7 Å². The minimum Gasteiger partial charge on any atom is -0.292 e. The number of halogens is 3. The number of alkyl halides is 3. The van der Waals surface area contributed by atoms with Gasteiger partial charge in [0.25, 0.3) is 0 Å². The van der Waals surface area contributed by atoms with Gasteiger partial charge in [-0.1, -0.05) is 6.58 Å². The molecule has 0 aromatic heterocycles. The molecule has 0 saturated carbocycles. The van der Waals surface area contributed by atoms with Crippen molar-refractivity contribution in [1.29, 1.82) is 0 Å². The quantitative estimate of drug-likeness (QED) is 0.400. The fraction of sp³-hybridized carbons (Fsp3) is 0.625. The second-order valence-corrected chi connectivity index (χ2v) is 3.54. The Kier molecular flexibility index (Phi) is 3.70. The van der Waals surface area contributed by atoms with E-state index in [1.165, 1.54) is 20.8 Å². The van der Waals surface area contributed by atoms with Crippen molar-refractivity contribution in [2.45, 2.75) is 32.5 Å². The Hall–Kier alpha value is -1.04. The Labute approximate surface area is 79.4 Å². The van der Waals surface area contributed by atoms with Crippen molar-refractivity contribution in [2.24, 2.45) is 0 Å². The van der Waals surface area contributed by atoms with Crippen LogP contribution in [0.1, 0.15) is 20.8 Å². The second kappa shape index (κ2) is 4.00. The van der Waals surface area contributed by atoms with E-state index in [0.717, 1.165) is 0 Å². The third-order valence-electron chi connectivity index (χ3n) is 0.956. The van der Waals surface area contributed by atoms with Gasteiger partial charge in [0.2, 0.25) is 0 Å². The molecule has 0 atom stereocenters. The van der Waals surface area contributed by atoms with E-state index in [-0.39, 0.29) is 0 Å². The van der Waals surface area contributed by atoms with Crippen LogP contribution in [0.2, 0.25) is 0 Å². The van der Waals surface area contributed by atoms with Crippen LogP contribution < -0.4 is 0 Å². The van der Waals surface area contributed by atoms with Gasteiger partial charge in [0, 0.05) is 0 Å². The molecule has 0 amide bonds. The van der Waals surface area contributed by atoms with E-state index in [0.29, 0.717) is 0 Å². The maximum atomic E-state index is 11.9. The Morgan fingerprint density at radius 3 is 1.93 bits per heavy atom. The van der Waals surface area contributed by atoms with Crippen LogP contribution in [0.3, 0.4) is 0 Å². The summed E-state index contributed by atoms with van der Waals surface area (Å²) in [7, 11) is 0. The van der Waals surface area contributed by atoms with Crippen molar-refractivity contribution in [3.8, 4) is 0 Å². The Morgan fingerprint density at radius 1 is 1.21 bits per heavy atom. The van der Waals surface area contributed by atoms with Crippen molar-refractivity contribution in [3.05, 3.63) is 12.2 Å². The summed E-state index contributed by atoms with van der Waals surface area (Å²) in [6.45, 7) is 7.12. The smallest absolute Gasteiger partial charge is 0.292 e. The standard InChI is InChI=1S/C8H11F3O3/c1-5(8(9,10)11)6(12)13-14-7(2,3)4/h1H2,2-4H3. The summed E-state index contributed by atoms with van der Waals surface area (Å²) in [4.78, 5) is 19.0. The van der Waals surface area contributed by atoms with Crippen LogP contribution >= 0.6 is 0 Å². The first-order valence-electron chi connectivity index (χ1n) is 3.70. The van der Waals surface area contributed by atoms with E-state index < -0.39 is 23.3 Å². The summed E-state index contributed by atoms with van der Waals surface area (Å²) >= 11 is 0. The molecule has 0 unspecified atom stereocenters. The molecule has 0 N–H and O–H groups in total. The molecule has 0 aliphatic rings. The lowest BCUT2D eigenvalue weighted by atomic mass is 10.2. The fourth-order valence-electron chi connectivity index (χ4n) is 0.329. The molecule has 0 aromatic carbocycles. The molecule has 0 aliphatic heterocycles. The SMILES string of the molecule is C=C(C(=O)OOC(C)(C)C)C(F)(F)F. The van der Waals surface area contributed by atoms with E-state index in [2.05, 4.69) is 16.4 Å². The van der Waals surface area contributed by atoms with Gasteiger partial charge >= 0.3 is 12.1 Å². The van der Waals surface area contributed by atoms with E-state index in [9.17, 15) is 18.0 Å². The number of hydrogen-bond donors (Lipinski definition) is 0. The molecule has 14 heavy (non-hydrogen) atoms. The first-order chi connectivity index (χ1) is 6.04. The summed E-state index contributed by atoms with van der Waals surface area (Å²) in [5.41, 5.74) is -2.46. The maximum absolute atomic E-state index is 11.9. The van der Waals surface area contributed by atoms with Gasteiger partial charge in [-0.3, -0.25) is 4.89 Å². The summed E-state index contributed by atoms with van der Waals surface area (Å²) < 4.78 is 35.6. The number of rotatable bonds is 2. The van der Waals surface area contributed by atoms with Gasteiger partial charge in [0.05, 0.1) is 0 Å². The summed E-state index contributed by atoms with van der Waals surface area (Å²) in [6.07, 6.45) is -4.79. The van der Waals surface area contributed by atoms with Crippen LogP contribution in [0.5, 0.6) is 0 Å². The van der Waals surface area contributed by atoms with Gasteiger partial charge in [-0.05, 0) is 20.8 Å². The lowest BCUT2D eigenvalue weighted by Crippen LogP contribution is -2.26. The average molecular weight is 212 g/mol. The molecule has 0 bridgehead atoms. The monoisotopic (exact) mass is 212 g/mol. The van der Waals surface area contributed by atoms with Crippen LogP contribution in [-0.4, -0.2) is 17.7 Å². The topological polar surface area (TPSA) is 35.5 Å². The molecule has 6 heteroatoms. The fourth-order valence-corrected chi connectivity index (χ4v) is 0.329. The predicted octanol–water partition coefficient (Wildman–Crippen LogP) is 2.38. The van der Waals surface area contributed by atoms with Gasteiger partial charge in [-0.15, -0.1) is 0 Å². The number of carbonyl (C=O) groups excluding carboxylic acids is 1. The summed E-state index contributed by atoms with van der Waals surface area (Å²) in [6, 6.07) is 0. The predicted molar refractivity (Wildman–Crippen MR) is 42.1 cm³/mol. The van der Waals surface area contributed by atoms with E-state index in [1.54, 1.807) is 0 Å². The molecule has 0 saturated heterocycles. The first kappa shape index (κ1) is 13.0. The molecule has 0 aliphatic carbocycles. The highest BCUT2D eigenvalue weighted by atomic mass is 19.4. The molecule has 0 rings (SSSR count). The minimum atomic E-state index is -4.79. The highest BCUT2D eigenvalue weighted by molar-refractivity contribution is 5.88. The Morgan fingerprint density at radius 2 is 1.64 bits per heavy atom. The van der Waals surface area contributed by atoms with Crippen LogP contribution in [-0.2, 0) is 14.6 Å². The molecule has 0 fully saturated rings. The molecule has 3 nitrogen and oxygen atoms in total. The van der Waals surface area contributed by atoms with Gasteiger partial charge in [0.15, 0.2) is 0 Å². The highest BCUT2D eigenvalue weighted by Gasteiger charge is 2.39. The van der Waals surface area contributed by atoms with Crippen molar-refractivity contribution in [3.63, 3.8) is 0 Å². The zero-order chi connectivity index (χ0) is 11.6. The normalized spacial score (nSPS) is 12.4. The van der Waals surface area contributed by atoms with Gasteiger partial charge in [0.1, 0.15) is 11.2 Å². The van der Waals surface area contributed by atoms with E-state index in [1.807, 2.05) is 0 Å². The van der Waals surface area contributed by atoms with Crippen LogP contribution in [0, 0.1) is 0 Å². The minimum absolute atomic E-state index is 0.860. The molecule has 0 radical (unpaired) electrons. The zero-order valence-corrected chi connectivity index (χ0v) is 8.07. The molecule has 82 valence electrons. The number of hydrogen-bond acceptors (Lipinski definition) is 3. The highest BCUT2D eigenvalue weighted by Crippen LogP contribution is 2.25. The molecule has 0 heterocycles. The Bertz CT molecular complexity index is 237. The Balaban J connectivity index is 4.19. The van der Waals surface area contributed by atoms with Gasteiger partial charge < -0.3 is 0 Å². The van der Waals surface area contributed by atoms with Crippen LogP contribution in [0.4, 0.5) is 13.2 Å². The largest absolute Gasteiger partial charge is 0.422 e. The van der Waals surface area contributed by atoms with Crippen molar-refractivity contribution in [1.82, 2.24) is 0 Å².